The average Bonchev–Trinajstić information content (AvgIpc) is 3.99. The predicted octanol–water partition coefficient (Wildman–Crippen LogP) is 3.78. The summed E-state index contributed by atoms with van der Waals surface area (Å²) >= 11 is 1.03. The van der Waals surface area contributed by atoms with E-state index in [2.05, 4.69) is 16.0 Å². The van der Waals surface area contributed by atoms with Gasteiger partial charge in [0, 0.05) is 89.1 Å². The summed E-state index contributed by atoms with van der Waals surface area (Å²) in [4.78, 5) is 70.6. The van der Waals surface area contributed by atoms with Gasteiger partial charge in [0.15, 0.2) is 0 Å². The van der Waals surface area contributed by atoms with Crippen molar-refractivity contribution in [2.75, 3.05) is 78.1 Å². The summed E-state index contributed by atoms with van der Waals surface area (Å²) in [5.74, 6) is -3.34. The number of alkyl halides is 1. The molecule has 1 aliphatic carbocycles. The number of halogens is 3. The third-order valence-corrected chi connectivity index (χ3v) is 13.7. The molecule has 3 aliphatic heterocycles. The summed E-state index contributed by atoms with van der Waals surface area (Å²) in [5.41, 5.74) is 5.47. The molecular formula is C45H61F3N8O9S. The quantitative estimate of drug-likeness (QED) is 0.0840. The lowest BCUT2D eigenvalue weighted by Crippen LogP contribution is -2.50. The number of nitrogens with two attached hydrogens (primary N) is 1. The highest BCUT2D eigenvalue weighted by Crippen LogP contribution is 2.43. The van der Waals surface area contributed by atoms with Crippen molar-refractivity contribution in [3.8, 4) is 0 Å². The Labute approximate surface area is 386 Å². The van der Waals surface area contributed by atoms with E-state index in [4.69, 9.17) is 30.0 Å². The van der Waals surface area contributed by atoms with E-state index in [9.17, 15) is 28.4 Å². The minimum Gasteiger partial charge on any atom is -0.480 e. The fourth-order valence-electron chi connectivity index (χ4n) is 8.53. The summed E-state index contributed by atoms with van der Waals surface area (Å²) in [6.07, 6.45) is 3.14. The van der Waals surface area contributed by atoms with Crippen LogP contribution in [0.4, 0.5) is 22.8 Å². The number of hydrogen-bond donors (Lipinski definition) is 5. The molecule has 362 valence electrons. The fourth-order valence-corrected chi connectivity index (χ4v) is 9.64. The molecule has 3 saturated heterocycles. The van der Waals surface area contributed by atoms with Crippen molar-refractivity contribution in [3.63, 3.8) is 0 Å². The molecule has 17 nitrogen and oxygen atoms in total. The van der Waals surface area contributed by atoms with E-state index in [-0.39, 0.29) is 77.1 Å². The molecule has 1 aromatic heterocycles. The molecule has 21 heteroatoms. The summed E-state index contributed by atoms with van der Waals surface area (Å²) in [5, 5.41) is 16.8. The summed E-state index contributed by atoms with van der Waals surface area (Å²) in [6, 6.07) is 7.37. The second-order valence-electron chi connectivity index (χ2n) is 17.5. The van der Waals surface area contributed by atoms with Gasteiger partial charge in [-0.2, -0.15) is 0 Å². The standard InChI is InChI=1S/C45H61F3N8O9S/c1-28(26-65-44(62)51-12-16-64-17-13-56-39(57)18-36(41(56)58)66-27-35(49)42(59)60)52-43(61)55(23-31-20-50-21-34(31)47)24-33(30-10-14-63-15-11-30)40-53-38(45(2)19-32(46)8-9-37(45)48)25-54(40)22-29-6-4-3-5-7-29/h3-9,25,28,30-31,33-36,50H,10-24,26-27,49H2,1-2H3,(H,51,62)(H,52,61)(H,59,60)/t28-,31-,33+,34-,35-,36?,45?/m0/s1. The molecule has 2 unspecified atom stereocenters. The van der Waals surface area contributed by atoms with Gasteiger partial charge in [-0.15, -0.1) is 11.8 Å². The topological polar surface area (TPSA) is 220 Å². The van der Waals surface area contributed by atoms with Crippen LogP contribution in [0.15, 0.2) is 60.3 Å². The van der Waals surface area contributed by atoms with Crippen LogP contribution >= 0.6 is 11.8 Å². The molecule has 66 heavy (non-hydrogen) atoms. The number of amides is 5. The van der Waals surface area contributed by atoms with Gasteiger partial charge in [-0.3, -0.25) is 19.3 Å². The summed E-state index contributed by atoms with van der Waals surface area (Å²) < 4.78 is 64.3. The zero-order chi connectivity index (χ0) is 47.4. The Morgan fingerprint density at radius 3 is 2.61 bits per heavy atom. The minimum absolute atomic E-state index is 0.00844. The molecule has 6 rings (SSSR count). The molecule has 0 spiro atoms. The van der Waals surface area contributed by atoms with Crippen molar-refractivity contribution in [3.05, 3.63) is 77.4 Å². The average molecular weight is 947 g/mol. The van der Waals surface area contributed by atoms with Crippen molar-refractivity contribution in [2.24, 2.45) is 17.6 Å². The van der Waals surface area contributed by atoms with E-state index in [1.165, 1.54) is 0 Å². The first kappa shape index (κ1) is 50.5. The van der Waals surface area contributed by atoms with E-state index in [1.807, 2.05) is 34.9 Å². The number of carbonyl (C=O) groups excluding carboxylic acids is 4. The molecule has 3 fully saturated rings. The van der Waals surface area contributed by atoms with Crippen molar-refractivity contribution >= 4 is 41.7 Å². The molecule has 6 N–H and O–H groups in total. The first-order valence-electron chi connectivity index (χ1n) is 22.4. The number of ether oxygens (including phenoxy) is 3. The van der Waals surface area contributed by atoms with Crippen LogP contribution in [-0.4, -0.2) is 156 Å². The lowest BCUT2D eigenvalue weighted by Gasteiger charge is -2.36. The SMILES string of the molecule is C[C@@H](COC(=O)NCCOCCN1C(=O)CC(SC[C@H](N)C(=O)O)C1=O)NC(=O)N(C[C@@H]1CNC[C@@H]1F)C[C@@H](c1nc(C2(C)CC(F)=CC=C2F)cn1Cc1ccccc1)C1CCOCC1. The Balaban J connectivity index is 1.07. The number of alkyl carbamates (subject to hydrolysis) is 1. The number of aromatic nitrogens is 2. The van der Waals surface area contributed by atoms with Crippen LogP contribution in [0.5, 0.6) is 0 Å². The molecule has 2 aromatic rings. The molecule has 1 aromatic carbocycles. The maximum atomic E-state index is 15.7. The highest BCUT2D eigenvalue weighted by molar-refractivity contribution is 8.00. The molecule has 0 bridgehead atoms. The number of thioether (sulfide) groups is 1. The Hall–Kier alpha value is -4.96. The van der Waals surface area contributed by atoms with Gasteiger partial charge in [0.05, 0.1) is 42.2 Å². The zero-order valence-corrected chi connectivity index (χ0v) is 38.1. The third kappa shape index (κ3) is 13.4. The molecule has 0 saturated carbocycles. The van der Waals surface area contributed by atoms with Crippen LogP contribution < -0.4 is 21.7 Å². The molecule has 4 heterocycles. The maximum absolute atomic E-state index is 15.7. The molecular weight excluding hydrogens is 886 g/mol. The smallest absolute Gasteiger partial charge is 0.407 e. The summed E-state index contributed by atoms with van der Waals surface area (Å²) in [6.45, 7) is 5.28. The van der Waals surface area contributed by atoms with E-state index in [0.29, 0.717) is 50.7 Å². The number of aliphatic carboxylic acids is 1. The number of likely N-dealkylation sites (tertiary alicyclic amines) is 1. The lowest BCUT2D eigenvalue weighted by molar-refractivity contribution is -0.140. The fraction of sp³-hybridized carbons (Fsp3) is 0.600. The number of carboxylic acids is 1. The van der Waals surface area contributed by atoms with Crippen LogP contribution in [-0.2, 0) is 40.6 Å². The van der Waals surface area contributed by atoms with E-state index < -0.39 is 82.3 Å². The Bertz CT molecular complexity index is 2070. The number of nitrogens with zero attached hydrogens (tertiary/aromatic N) is 4. The minimum atomic E-state index is -1.36. The van der Waals surface area contributed by atoms with E-state index in [1.54, 1.807) is 24.9 Å². The van der Waals surface area contributed by atoms with Crippen LogP contribution in [0.25, 0.3) is 0 Å². The van der Waals surface area contributed by atoms with Gasteiger partial charge in [0.2, 0.25) is 11.8 Å². The lowest BCUT2D eigenvalue weighted by atomic mass is 9.79. The van der Waals surface area contributed by atoms with Crippen LogP contribution in [0.3, 0.4) is 0 Å². The molecule has 0 radical (unpaired) electrons. The number of imidazole rings is 1. The Kier molecular flexibility index (Phi) is 18.1. The Morgan fingerprint density at radius 2 is 1.89 bits per heavy atom. The van der Waals surface area contributed by atoms with Crippen LogP contribution in [0, 0.1) is 11.8 Å². The van der Waals surface area contributed by atoms with Gasteiger partial charge < -0.3 is 50.5 Å². The normalized spacial score (nSPS) is 23.8. The number of carboxylic acid groups (broad SMARTS) is 1. The maximum Gasteiger partial charge on any atom is 0.407 e. The number of hydrogen-bond acceptors (Lipinski definition) is 12. The van der Waals surface area contributed by atoms with Crippen molar-refractivity contribution in [1.29, 1.82) is 0 Å². The number of urea groups is 1. The number of allylic oxidation sites excluding steroid dienone is 4. The number of rotatable bonds is 22. The van der Waals surface area contributed by atoms with Gasteiger partial charge >= 0.3 is 18.1 Å². The van der Waals surface area contributed by atoms with Gasteiger partial charge in [-0.05, 0) is 50.3 Å². The monoisotopic (exact) mass is 946 g/mol. The first-order valence-corrected chi connectivity index (χ1v) is 23.4. The van der Waals surface area contributed by atoms with Gasteiger partial charge in [-0.1, -0.05) is 30.3 Å². The van der Waals surface area contributed by atoms with Crippen molar-refractivity contribution in [2.45, 2.75) is 80.9 Å². The Morgan fingerprint density at radius 1 is 1.14 bits per heavy atom. The number of benzene rings is 1. The largest absolute Gasteiger partial charge is 0.480 e. The second-order valence-corrected chi connectivity index (χ2v) is 18.7. The van der Waals surface area contributed by atoms with E-state index in [0.717, 1.165) is 34.4 Å². The van der Waals surface area contributed by atoms with Crippen LogP contribution in [0.1, 0.15) is 62.5 Å². The van der Waals surface area contributed by atoms with E-state index >= 15 is 8.78 Å². The van der Waals surface area contributed by atoms with Gasteiger partial charge in [0.1, 0.15) is 36.3 Å². The molecule has 5 amide bonds. The molecule has 7 atom stereocenters. The highest BCUT2D eigenvalue weighted by Gasteiger charge is 2.42. The molecule has 4 aliphatic rings. The number of nitrogens with one attached hydrogen (secondary N) is 3. The zero-order valence-electron chi connectivity index (χ0n) is 37.3. The van der Waals surface area contributed by atoms with Crippen LogP contribution in [0.2, 0.25) is 0 Å². The third-order valence-electron chi connectivity index (χ3n) is 12.4. The second kappa shape index (κ2) is 23.7. The van der Waals surface area contributed by atoms with Gasteiger partial charge in [0.25, 0.3) is 0 Å². The number of imide groups is 1. The van der Waals surface area contributed by atoms with Crippen molar-refractivity contribution < 1.29 is 56.5 Å². The summed E-state index contributed by atoms with van der Waals surface area (Å²) in [7, 11) is 0. The first-order chi connectivity index (χ1) is 31.6. The van der Waals surface area contributed by atoms with Crippen molar-refractivity contribution in [1.82, 2.24) is 35.3 Å². The van der Waals surface area contributed by atoms with Gasteiger partial charge in [-0.25, -0.2) is 27.7 Å². The predicted molar refractivity (Wildman–Crippen MR) is 239 cm³/mol. The highest BCUT2D eigenvalue weighted by atomic mass is 32.2. The number of carbonyl (C=O) groups is 5.